The minimum Gasteiger partial charge on any atom is -0.497 e. The van der Waals surface area contributed by atoms with Crippen LogP contribution in [0.1, 0.15) is 12.0 Å². The molecular formula is C11H13F2NO. The molecule has 0 saturated carbocycles. The van der Waals surface area contributed by atoms with E-state index < -0.39 is 11.5 Å². The van der Waals surface area contributed by atoms with Crippen LogP contribution in [0.5, 0.6) is 5.75 Å². The van der Waals surface area contributed by atoms with Crippen LogP contribution in [-0.4, -0.2) is 20.2 Å². The largest absolute Gasteiger partial charge is 0.497 e. The SMILES string of the molecule is COc1ccc(C2(F)CCNC2)c(F)c1. The minimum atomic E-state index is -1.57. The van der Waals surface area contributed by atoms with Gasteiger partial charge in [0.1, 0.15) is 11.6 Å². The smallest absolute Gasteiger partial charge is 0.152 e. The zero-order valence-corrected chi connectivity index (χ0v) is 8.52. The highest BCUT2D eigenvalue weighted by atomic mass is 19.1. The van der Waals surface area contributed by atoms with E-state index in [0.717, 1.165) is 0 Å². The summed E-state index contributed by atoms with van der Waals surface area (Å²) in [6, 6.07) is 4.26. The van der Waals surface area contributed by atoms with Gasteiger partial charge in [0.05, 0.1) is 7.11 Å². The van der Waals surface area contributed by atoms with Crippen LogP contribution in [0, 0.1) is 5.82 Å². The van der Waals surface area contributed by atoms with Crippen LogP contribution in [0.3, 0.4) is 0 Å². The van der Waals surface area contributed by atoms with Gasteiger partial charge in [-0.1, -0.05) is 0 Å². The van der Waals surface area contributed by atoms with Crippen molar-refractivity contribution in [2.45, 2.75) is 12.1 Å². The molecule has 1 aliphatic rings. The molecule has 1 N–H and O–H groups in total. The summed E-state index contributed by atoms with van der Waals surface area (Å²) in [5, 5.41) is 2.89. The first-order valence-corrected chi connectivity index (χ1v) is 4.89. The zero-order chi connectivity index (χ0) is 10.9. The first-order chi connectivity index (χ1) is 7.15. The van der Waals surface area contributed by atoms with Gasteiger partial charge in [0.15, 0.2) is 5.67 Å². The molecule has 0 spiro atoms. The minimum absolute atomic E-state index is 0.119. The van der Waals surface area contributed by atoms with Gasteiger partial charge in [-0.15, -0.1) is 0 Å². The summed E-state index contributed by atoms with van der Waals surface area (Å²) in [4.78, 5) is 0. The topological polar surface area (TPSA) is 21.3 Å². The molecule has 0 radical (unpaired) electrons. The average molecular weight is 213 g/mol. The highest BCUT2D eigenvalue weighted by Crippen LogP contribution is 2.35. The third-order valence-electron chi connectivity index (χ3n) is 2.76. The Balaban J connectivity index is 2.36. The first-order valence-electron chi connectivity index (χ1n) is 4.89. The molecule has 1 atom stereocenters. The standard InChI is InChI=1S/C11H13F2NO/c1-15-8-2-3-9(10(12)6-8)11(13)4-5-14-7-11/h2-3,6,14H,4-5,7H2,1H3. The third kappa shape index (κ3) is 1.81. The van der Waals surface area contributed by atoms with E-state index in [0.29, 0.717) is 18.7 Å². The van der Waals surface area contributed by atoms with Gasteiger partial charge >= 0.3 is 0 Å². The number of hydrogen-bond donors (Lipinski definition) is 1. The van der Waals surface area contributed by atoms with Crippen molar-refractivity contribution in [2.24, 2.45) is 0 Å². The fraction of sp³-hybridized carbons (Fsp3) is 0.455. The van der Waals surface area contributed by atoms with Crippen LogP contribution in [0.4, 0.5) is 8.78 Å². The highest BCUT2D eigenvalue weighted by Gasteiger charge is 2.37. The number of nitrogens with one attached hydrogen (secondary N) is 1. The Kier molecular flexibility index (Phi) is 2.61. The summed E-state index contributed by atoms with van der Waals surface area (Å²) in [6.07, 6.45) is 0.316. The van der Waals surface area contributed by atoms with Gasteiger partial charge in [-0.3, -0.25) is 0 Å². The van der Waals surface area contributed by atoms with Gasteiger partial charge in [0.25, 0.3) is 0 Å². The van der Waals surface area contributed by atoms with E-state index in [4.69, 9.17) is 4.74 Å². The van der Waals surface area contributed by atoms with Gasteiger partial charge in [0, 0.05) is 18.2 Å². The maximum atomic E-state index is 14.2. The van der Waals surface area contributed by atoms with Crippen molar-refractivity contribution in [1.29, 1.82) is 0 Å². The molecule has 2 nitrogen and oxygen atoms in total. The molecule has 0 aromatic heterocycles. The summed E-state index contributed by atoms with van der Waals surface area (Å²) in [7, 11) is 1.46. The fourth-order valence-electron chi connectivity index (χ4n) is 1.88. The van der Waals surface area contributed by atoms with Crippen molar-refractivity contribution in [3.8, 4) is 5.75 Å². The molecule has 1 unspecified atom stereocenters. The normalized spacial score (nSPS) is 25.5. The van der Waals surface area contributed by atoms with Crippen LogP contribution in [-0.2, 0) is 5.67 Å². The quantitative estimate of drug-likeness (QED) is 0.811. The maximum Gasteiger partial charge on any atom is 0.152 e. The number of hydrogen-bond acceptors (Lipinski definition) is 2. The molecular weight excluding hydrogens is 200 g/mol. The number of rotatable bonds is 2. The molecule has 15 heavy (non-hydrogen) atoms. The lowest BCUT2D eigenvalue weighted by molar-refractivity contribution is 0.186. The van der Waals surface area contributed by atoms with Crippen LogP contribution >= 0.6 is 0 Å². The zero-order valence-electron chi connectivity index (χ0n) is 8.52. The summed E-state index contributed by atoms with van der Waals surface area (Å²) >= 11 is 0. The molecule has 4 heteroatoms. The molecule has 1 heterocycles. The Morgan fingerprint density at radius 2 is 2.27 bits per heavy atom. The molecule has 0 amide bonds. The number of methoxy groups -OCH3 is 1. The van der Waals surface area contributed by atoms with Crippen molar-refractivity contribution in [1.82, 2.24) is 5.32 Å². The van der Waals surface area contributed by atoms with Gasteiger partial charge in [-0.2, -0.15) is 0 Å². The fourth-order valence-corrected chi connectivity index (χ4v) is 1.88. The monoisotopic (exact) mass is 213 g/mol. The summed E-state index contributed by atoms with van der Waals surface area (Å²) in [5.74, 6) is -0.133. The van der Waals surface area contributed by atoms with E-state index in [1.165, 1.54) is 19.2 Å². The Morgan fingerprint density at radius 1 is 1.47 bits per heavy atom. The van der Waals surface area contributed by atoms with E-state index in [1.807, 2.05) is 0 Å². The number of benzene rings is 1. The van der Waals surface area contributed by atoms with Crippen molar-refractivity contribution in [2.75, 3.05) is 20.2 Å². The lowest BCUT2D eigenvalue weighted by Crippen LogP contribution is -2.24. The molecule has 1 aliphatic heterocycles. The van der Waals surface area contributed by atoms with Gasteiger partial charge < -0.3 is 10.1 Å². The highest BCUT2D eigenvalue weighted by molar-refractivity contribution is 5.33. The van der Waals surface area contributed by atoms with Crippen molar-refractivity contribution >= 4 is 0 Å². The Bertz CT molecular complexity index is 362. The van der Waals surface area contributed by atoms with Crippen LogP contribution in [0.25, 0.3) is 0 Å². The third-order valence-corrected chi connectivity index (χ3v) is 2.76. The van der Waals surface area contributed by atoms with Gasteiger partial charge in [-0.25, -0.2) is 8.78 Å². The van der Waals surface area contributed by atoms with Crippen LogP contribution < -0.4 is 10.1 Å². The van der Waals surface area contributed by atoms with E-state index in [2.05, 4.69) is 5.32 Å². The molecule has 0 aliphatic carbocycles. The lowest BCUT2D eigenvalue weighted by atomic mass is 9.94. The molecule has 82 valence electrons. The molecule has 2 rings (SSSR count). The molecule has 0 bridgehead atoms. The van der Waals surface area contributed by atoms with Crippen LogP contribution in [0.15, 0.2) is 18.2 Å². The predicted octanol–water partition coefficient (Wildman–Crippen LogP) is 1.99. The first kappa shape index (κ1) is 10.4. The van der Waals surface area contributed by atoms with Crippen molar-refractivity contribution in [3.63, 3.8) is 0 Å². The number of ether oxygens (including phenoxy) is 1. The second-order valence-electron chi connectivity index (χ2n) is 3.74. The number of alkyl halides is 1. The predicted molar refractivity (Wildman–Crippen MR) is 53.2 cm³/mol. The molecule has 1 fully saturated rings. The maximum absolute atomic E-state index is 14.2. The summed E-state index contributed by atoms with van der Waals surface area (Å²) in [6.45, 7) is 0.762. The molecule has 1 saturated heterocycles. The van der Waals surface area contributed by atoms with E-state index in [1.54, 1.807) is 6.07 Å². The second-order valence-corrected chi connectivity index (χ2v) is 3.74. The van der Waals surface area contributed by atoms with E-state index in [9.17, 15) is 8.78 Å². The Labute approximate surface area is 87.2 Å². The average Bonchev–Trinajstić information content (AvgIpc) is 2.65. The van der Waals surface area contributed by atoms with E-state index in [-0.39, 0.29) is 12.1 Å². The Morgan fingerprint density at radius 3 is 2.80 bits per heavy atom. The van der Waals surface area contributed by atoms with Gasteiger partial charge in [-0.05, 0) is 25.1 Å². The Hall–Kier alpha value is -1.16. The van der Waals surface area contributed by atoms with Crippen molar-refractivity contribution in [3.05, 3.63) is 29.6 Å². The lowest BCUT2D eigenvalue weighted by Gasteiger charge is -2.19. The van der Waals surface area contributed by atoms with Gasteiger partial charge in [0.2, 0.25) is 0 Å². The molecule has 1 aromatic rings. The molecule has 1 aromatic carbocycles. The second kappa shape index (κ2) is 3.77. The van der Waals surface area contributed by atoms with E-state index >= 15 is 0 Å². The number of halogens is 2. The summed E-state index contributed by atoms with van der Waals surface area (Å²) < 4.78 is 32.7. The van der Waals surface area contributed by atoms with Crippen LogP contribution in [0.2, 0.25) is 0 Å². The summed E-state index contributed by atoms with van der Waals surface area (Å²) in [5.41, 5.74) is -1.45. The van der Waals surface area contributed by atoms with Crippen molar-refractivity contribution < 1.29 is 13.5 Å².